The molecule has 0 saturated carbocycles. The predicted octanol–water partition coefficient (Wildman–Crippen LogP) is 2.53. The molecule has 1 aromatic carbocycles. The molecule has 0 amide bonds. The van der Waals surface area contributed by atoms with Gasteiger partial charge >= 0.3 is 0 Å². The van der Waals surface area contributed by atoms with Gasteiger partial charge in [0, 0.05) is 12.7 Å². The van der Waals surface area contributed by atoms with Gasteiger partial charge in [-0.05, 0) is 25.1 Å². The van der Waals surface area contributed by atoms with Crippen molar-refractivity contribution >= 4 is 11.0 Å². The van der Waals surface area contributed by atoms with E-state index in [0.717, 1.165) is 11.0 Å². The highest BCUT2D eigenvalue weighted by molar-refractivity contribution is 5.81. The topological polar surface area (TPSA) is 71.2 Å². The number of aryl methyl sites for hydroxylation is 1. The van der Waals surface area contributed by atoms with E-state index in [0.29, 0.717) is 17.9 Å². The van der Waals surface area contributed by atoms with Crippen LogP contribution >= 0.6 is 0 Å². The second-order valence-corrected chi connectivity index (χ2v) is 4.22. The maximum absolute atomic E-state index is 9.98. The lowest BCUT2D eigenvalue weighted by atomic mass is 10.1. The lowest BCUT2D eigenvalue weighted by molar-refractivity contribution is 0.405. The number of aromatic hydroxyl groups is 2. The average molecular weight is 255 g/mol. The molecule has 0 aliphatic rings. The summed E-state index contributed by atoms with van der Waals surface area (Å²) in [5.41, 5.74) is 2.23. The lowest BCUT2D eigenvalue weighted by Gasteiger charge is -2.08. The standard InChI is InChI=1S/C14H13N3O2/c1-2-17-11-6-7-15-8-10(11)16-14(17)9-4-3-5-12(18)13(9)19/h3-8,18-19H,2H2,1H3. The highest BCUT2D eigenvalue weighted by Crippen LogP contribution is 2.36. The fourth-order valence-corrected chi connectivity index (χ4v) is 2.22. The van der Waals surface area contributed by atoms with Crippen LogP contribution in [0.15, 0.2) is 36.7 Å². The summed E-state index contributed by atoms with van der Waals surface area (Å²) in [5, 5.41) is 19.6. The Bertz CT molecular complexity index is 750. The Morgan fingerprint density at radius 3 is 2.84 bits per heavy atom. The van der Waals surface area contributed by atoms with E-state index < -0.39 is 0 Å². The van der Waals surface area contributed by atoms with Gasteiger partial charge in [-0.2, -0.15) is 0 Å². The Labute approximate surface area is 109 Å². The van der Waals surface area contributed by atoms with Crippen molar-refractivity contribution in [2.45, 2.75) is 13.5 Å². The van der Waals surface area contributed by atoms with Crippen LogP contribution in [0.5, 0.6) is 11.5 Å². The van der Waals surface area contributed by atoms with Crippen molar-refractivity contribution in [2.75, 3.05) is 0 Å². The molecule has 0 atom stereocenters. The summed E-state index contributed by atoms with van der Waals surface area (Å²) in [4.78, 5) is 8.53. The van der Waals surface area contributed by atoms with Gasteiger partial charge in [0.05, 0.1) is 17.3 Å². The van der Waals surface area contributed by atoms with E-state index in [9.17, 15) is 10.2 Å². The number of benzene rings is 1. The molecule has 0 saturated heterocycles. The van der Waals surface area contributed by atoms with E-state index in [1.165, 1.54) is 6.07 Å². The molecule has 2 aromatic heterocycles. The second kappa shape index (κ2) is 4.28. The van der Waals surface area contributed by atoms with E-state index in [-0.39, 0.29) is 11.5 Å². The fraction of sp³-hybridized carbons (Fsp3) is 0.143. The van der Waals surface area contributed by atoms with Crippen LogP contribution in [0.4, 0.5) is 0 Å². The Morgan fingerprint density at radius 2 is 2.05 bits per heavy atom. The van der Waals surface area contributed by atoms with Crippen LogP contribution in [0.25, 0.3) is 22.4 Å². The summed E-state index contributed by atoms with van der Waals surface area (Å²) in [6.45, 7) is 2.72. The van der Waals surface area contributed by atoms with E-state index in [2.05, 4.69) is 9.97 Å². The molecule has 0 aliphatic heterocycles. The molecule has 0 bridgehead atoms. The van der Waals surface area contributed by atoms with Crippen LogP contribution in [0.3, 0.4) is 0 Å². The number of fused-ring (bicyclic) bond motifs is 1. The molecule has 96 valence electrons. The number of rotatable bonds is 2. The summed E-state index contributed by atoms with van der Waals surface area (Å²) >= 11 is 0. The van der Waals surface area contributed by atoms with Crippen molar-refractivity contribution in [2.24, 2.45) is 0 Å². The van der Waals surface area contributed by atoms with Crippen molar-refractivity contribution in [3.05, 3.63) is 36.7 Å². The van der Waals surface area contributed by atoms with Gasteiger partial charge in [-0.15, -0.1) is 0 Å². The van der Waals surface area contributed by atoms with Crippen LogP contribution in [0, 0.1) is 0 Å². The zero-order chi connectivity index (χ0) is 13.4. The zero-order valence-corrected chi connectivity index (χ0v) is 10.4. The maximum atomic E-state index is 9.98. The molecule has 2 N–H and O–H groups in total. The highest BCUT2D eigenvalue weighted by Gasteiger charge is 2.16. The van der Waals surface area contributed by atoms with Crippen molar-refractivity contribution in [1.29, 1.82) is 0 Å². The second-order valence-electron chi connectivity index (χ2n) is 4.22. The number of nitrogens with zero attached hydrogens (tertiary/aromatic N) is 3. The minimum Gasteiger partial charge on any atom is -0.504 e. The summed E-state index contributed by atoms with van der Waals surface area (Å²) in [6, 6.07) is 6.74. The van der Waals surface area contributed by atoms with Gasteiger partial charge in [-0.3, -0.25) is 4.98 Å². The van der Waals surface area contributed by atoms with E-state index in [1.54, 1.807) is 24.5 Å². The Kier molecular flexibility index (Phi) is 2.59. The Morgan fingerprint density at radius 1 is 1.21 bits per heavy atom. The van der Waals surface area contributed by atoms with Crippen LogP contribution in [0.2, 0.25) is 0 Å². The molecule has 2 heterocycles. The van der Waals surface area contributed by atoms with Crippen molar-refractivity contribution in [3.63, 3.8) is 0 Å². The number of phenolic OH excluding ortho intramolecular Hbond substituents is 2. The zero-order valence-electron chi connectivity index (χ0n) is 10.4. The molecule has 19 heavy (non-hydrogen) atoms. The molecule has 5 heteroatoms. The van der Waals surface area contributed by atoms with Gasteiger partial charge in [0.1, 0.15) is 11.3 Å². The molecule has 0 unspecified atom stereocenters. The quantitative estimate of drug-likeness (QED) is 0.690. The van der Waals surface area contributed by atoms with E-state index in [1.807, 2.05) is 17.6 Å². The van der Waals surface area contributed by atoms with E-state index >= 15 is 0 Å². The molecule has 0 fully saturated rings. The monoisotopic (exact) mass is 255 g/mol. The van der Waals surface area contributed by atoms with Gasteiger partial charge in [0.2, 0.25) is 0 Å². The fourth-order valence-electron chi connectivity index (χ4n) is 2.22. The minimum absolute atomic E-state index is 0.148. The normalized spacial score (nSPS) is 11.0. The van der Waals surface area contributed by atoms with Gasteiger partial charge in [0.15, 0.2) is 11.5 Å². The van der Waals surface area contributed by atoms with Gasteiger partial charge < -0.3 is 14.8 Å². The molecule has 0 aliphatic carbocycles. The third-order valence-corrected chi connectivity index (χ3v) is 3.12. The summed E-state index contributed by atoms with van der Waals surface area (Å²) in [7, 11) is 0. The average Bonchev–Trinajstić information content (AvgIpc) is 2.80. The molecular weight excluding hydrogens is 242 g/mol. The molecule has 0 radical (unpaired) electrons. The number of aromatic nitrogens is 3. The van der Waals surface area contributed by atoms with Gasteiger partial charge in [-0.25, -0.2) is 4.98 Å². The third-order valence-electron chi connectivity index (χ3n) is 3.12. The molecule has 3 aromatic rings. The lowest BCUT2D eigenvalue weighted by Crippen LogP contribution is -1.97. The van der Waals surface area contributed by atoms with Crippen molar-refractivity contribution < 1.29 is 10.2 Å². The van der Waals surface area contributed by atoms with E-state index in [4.69, 9.17) is 0 Å². The molecule has 5 nitrogen and oxygen atoms in total. The van der Waals surface area contributed by atoms with Crippen LogP contribution in [0.1, 0.15) is 6.92 Å². The van der Waals surface area contributed by atoms with Crippen LogP contribution in [-0.4, -0.2) is 24.7 Å². The largest absolute Gasteiger partial charge is 0.504 e. The Hall–Kier alpha value is -2.56. The van der Waals surface area contributed by atoms with Crippen LogP contribution < -0.4 is 0 Å². The number of imidazole rings is 1. The SMILES string of the molecule is CCn1c(-c2cccc(O)c2O)nc2cnccc21. The molecule has 3 rings (SSSR count). The maximum Gasteiger partial charge on any atom is 0.168 e. The smallest absolute Gasteiger partial charge is 0.168 e. The first-order valence-electron chi connectivity index (χ1n) is 6.04. The number of phenols is 2. The van der Waals surface area contributed by atoms with Crippen molar-refractivity contribution in [1.82, 2.24) is 14.5 Å². The predicted molar refractivity (Wildman–Crippen MR) is 72.0 cm³/mol. The highest BCUT2D eigenvalue weighted by atomic mass is 16.3. The molecule has 0 spiro atoms. The first-order valence-corrected chi connectivity index (χ1v) is 6.04. The number of hydrogen-bond acceptors (Lipinski definition) is 4. The first kappa shape index (κ1) is 11.5. The molecular formula is C14H13N3O2. The number of hydrogen-bond donors (Lipinski definition) is 2. The van der Waals surface area contributed by atoms with Crippen molar-refractivity contribution in [3.8, 4) is 22.9 Å². The number of pyridine rings is 1. The first-order chi connectivity index (χ1) is 9.22. The Balaban J connectivity index is 2.33. The summed E-state index contributed by atoms with van der Waals surface area (Å²) in [5.74, 6) is 0.324. The van der Waals surface area contributed by atoms with Crippen LogP contribution in [-0.2, 0) is 6.54 Å². The van der Waals surface area contributed by atoms with Gasteiger partial charge in [0.25, 0.3) is 0 Å². The minimum atomic E-state index is -0.152. The number of para-hydroxylation sites is 1. The van der Waals surface area contributed by atoms with Gasteiger partial charge in [-0.1, -0.05) is 6.07 Å². The summed E-state index contributed by atoms with van der Waals surface area (Å²) in [6.07, 6.45) is 3.40. The summed E-state index contributed by atoms with van der Waals surface area (Å²) < 4.78 is 1.98. The third kappa shape index (κ3) is 1.71.